The van der Waals surface area contributed by atoms with Crippen LogP contribution in [-0.2, 0) is 0 Å². The maximum absolute atomic E-state index is 12.3. The van der Waals surface area contributed by atoms with Gasteiger partial charge in [0.1, 0.15) is 5.75 Å². The minimum absolute atomic E-state index is 0.00167. The third kappa shape index (κ3) is 3.56. The number of carbonyl (C=O) groups is 1. The highest BCUT2D eigenvalue weighted by Crippen LogP contribution is 2.33. The lowest BCUT2D eigenvalue weighted by atomic mass is 9.92. The zero-order chi connectivity index (χ0) is 17.1. The molecule has 5 nitrogen and oxygen atoms in total. The molecule has 0 unspecified atom stereocenters. The number of fused-ring (bicyclic) bond motifs is 1. The van der Waals surface area contributed by atoms with Crippen molar-refractivity contribution in [3.05, 3.63) is 54.0 Å². The highest BCUT2D eigenvalue weighted by Gasteiger charge is 2.26. The Morgan fingerprint density at radius 2 is 1.96 bits per heavy atom. The van der Waals surface area contributed by atoms with E-state index in [4.69, 9.17) is 9.15 Å². The molecule has 2 aromatic rings. The summed E-state index contributed by atoms with van der Waals surface area (Å²) in [5.41, 5.74) is 1.31. The smallest absolute Gasteiger partial charge is 0.289 e. The van der Waals surface area contributed by atoms with Crippen LogP contribution in [0, 0.1) is 0 Å². The van der Waals surface area contributed by atoms with Crippen LogP contribution >= 0.6 is 0 Å². The lowest BCUT2D eigenvalue weighted by Crippen LogP contribution is -2.45. The van der Waals surface area contributed by atoms with Gasteiger partial charge >= 0.3 is 0 Å². The summed E-state index contributed by atoms with van der Waals surface area (Å²) in [7, 11) is 0. The normalized spacial score (nSPS) is 20.8. The van der Waals surface area contributed by atoms with Crippen molar-refractivity contribution in [2.24, 2.45) is 0 Å². The summed E-state index contributed by atoms with van der Waals surface area (Å²) in [6.45, 7) is 3.32. The molecule has 0 radical (unpaired) electrons. The van der Waals surface area contributed by atoms with Gasteiger partial charge in [0.25, 0.3) is 5.91 Å². The molecule has 3 heterocycles. The summed E-state index contributed by atoms with van der Waals surface area (Å²) in [5, 5.41) is 3.71. The summed E-state index contributed by atoms with van der Waals surface area (Å²) in [6.07, 6.45) is 4.57. The molecule has 132 valence electrons. The summed E-state index contributed by atoms with van der Waals surface area (Å²) < 4.78 is 11.0. The maximum atomic E-state index is 12.3. The zero-order valence-electron chi connectivity index (χ0n) is 14.3. The van der Waals surface area contributed by atoms with Gasteiger partial charge in [0.15, 0.2) is 5.76 Å². The van der Waals surface area contributed by atoms with E-state index in [-0.39, 0.29) is 5.91 Å². The minimum Gasteiger partial charge on any atom is -0.493 e. The van der Waals surface area contributed by atoms with E-state index >= 15 is 0 Å². The average molecular weight is 340 g/mol. The number of hydrogen-bond acceptors (Lipinski definition) is 4. The fourth-order valence-electron chi connectivity index (χ4n) is 3.78. The summed E-state index contributed by atoms with van der Waals surface area (Å²) in [6, 6.07) is 12.3. The summed E-state index contributed by atoms with van der Waals surface area (Å²) in [5.74, 6) is 1.97. The molecule has 2 aliphatic rings. The molecule has 4 rings (SSSR count). The van der Waals surface area contributed by atoms with E-state index in [9.17, 15) is 4.79 Å². The molecule has 2 aliphatic heterocycles. The molecule has 1 aromatic heterocycles. The van der Waals surface area contributed by atoms with Crippen molar-refractivity contribution in [2.45, 2.75) is 31.2 Å². The Bertz CT molecular complexity index is 705. The topological polar surface area (TPSA) is 54.7 Å². The minimum atomic E-state index is 0.00167. The van der Waals surface area contributed by atoms with Crippen molar-refractivity contribution in [1.82, 2.24) is 10.2 Å². The van der Waals surface area contributed by atoms with Gasteiger partial charge in [-0.15, -0.1) is 0 Å². The Morgan fingerprint density at radius 1 is 1.12 bits per heavy atom. The van der Waals surface area contributed by atoms with Gasteiger partial charge in [-0.3, -0.25) is 4.79 Å². The van der Waals surface area contributed by atoms with Crippen molar-refractivity contribution in [1.29, 1.82) is 0 Å². The fraction of sp³-hybridized carbons (Fsp3) is 0.450. The Labute approximate surface area is 148 Å². The molecular weight excluding hydrogens is 316 g/mol. The first-order chi connectivity index (χ1) is 12.3. The number of hydrogen-bond donors (Lipinski definition) is 1. The molecule has 1 fully saturated rings. The van der Waals surface area contributed by atoms with E-state index in [0.717, 1.165) is 51.3 Å². The molecule has 0 aliphatic carbocycles. The van der Waals surface area contributed by atoms with Crippen LogP contribution in [0.1, 0.15) is 41.3 Å². The van der Waals surface area contributed by atoms with Crippen molar-refractivity contribution < 1.29 is 13.9 Å². The molecule has 1 amide bonds. The second kappa shape index (κ2) is 7.31. The number of benzene rings is 1. The standard InChI is InChI=1S/C20H24N2O3/c23-20(19-6-3-12-24-19)22-10-7-16(8-11-22)21-14-15-9-13-25-18-5-2-1-4-17(15)18/h1-6,12,15-16,21H,7-11,13-14H2/t15-/m0/s1. The van der Waals surface area contributed by atoms with Crippen LogP contribution in [0.25, 0.3) is 0 Å². The van der Waals surface area contributed by atoms with Crippen LogP contribution in [0.2, 0.25) is 0 Å². The quantitative estimate of drug-likeness (QED) is 0.929. The molecule has 1 saturated heterocycles. The number of carbonyl (C=O) groups excluding carboxylic acids is 1. The van der Waals surface area contributed by atoms with E-state index in [0.29, 0.717) is 17.7 Å². The number of nitrogens with one attached hydrogen (secondary N) is 1. The van der Waals surface area contributed by atoms with Crippen LogP contribution in [-0.4, -0.2) is 43.1 Å². The first kappa shape index (κ1) is 16.2. The molecule has 1 N–H and O–H groups in total. The summed E-state index contributed by atoms with van der Waals surface area (Å²) in [4.78, 5) is 14.2. The van der Waals surface area contributed by atoms with Gasteiger partial charge in [0.05, 0.1) is 12.9 Å². The zero-order valence-corrected chi connectivity index (χ0v) is 14.3. The summed E-state index contributed by atoms with van der Waals surface area (Å²) >= 11 is 0. The number of piperidine rings is 1. The number of nitrogens with zero attached hydrogens (tertiary/aromatic N) is 1. The van der Waals surface area contributed by atoms with Gasteiger partial charge in [-0.05, 0) is 43.0 Å². The van der Waals surface area contributed by atoms with Gasteiger partial charge in [-0.2, -0.15) is 0 Å². The number of rotatable bonds is 4. The first-order valence-corrected chi connectivity index (χ1v) is 9.09. The SMILES string of the molecule is O=C(c1ccco1)N1CCC(NC[C@@H]2CCOc3ccccc32)CC1. The monoisotopic (exact) mass is 340 g/mol. The maximum Gasteiger partial charge on any atom is 0.289 e. The fourth-order valence-corrected chi connectivity index (χ4v) is 3.78. The highest BCUT2D eigenvalue weighted by atomic mass is 16.5. The van der Waals surface area contributed by atoms with Gasteiger partial charge in [0.2, 0.25) is 0 Å². The van der Waals surface area contributed by atoms with Crippen LogP contribution in [0.5, 0.6) is 5.75 Å². The third-order valence-corrected chi connectivity index (χ3v) is 5.25. The third-order valence-electron chi connectivity index (χ3n) is 5.25. The number of para-hydroxylation sites is 1. The molecule has 5 heteroatoms. The Balaban J connectivity index is 1.28. The van der Waals surface area contributed by atoms with Crippen molar-refractivity contribution in [3.63, 3.8) is 0 Å². The van der Waals surface area contributed by atoms with E-state index in [2.05, 4.69) is 23.5 Å². The Kier molecular flexibility index (Phi) is 4.74. The van der Waals surface area contributed by atoms with Gasteiger partial charge in [0, 0.05) is 31.6 Å². The largest absolute Gasteiger partial charge is 0.493 e. The highest BCUT2D eigenvalue weighted by molar-refractivity contribution is 5.91. The van der Waals surface area contributed by atoms with Gasteiger partial charge in [-0.25, -0.2) is 0 Å². The van der Waals surface area contributed by atoms with E-state index in [1.54, 1.807) is 18.4 Å². The molecular formula is C20H24N2O3. The molecule has 0 bridgehead atoms. The lowest BCUT2D eigenvalue weighted by Gasteiger charge is -2.33. The Hall–Kier alpha value is -2.27. The second-order valence-electron chi connectivity index (χ2n) is 6.82. The average Bonchev–Trinajstić information content (AvgIpc) is 3.21. The lowest BCUT2D eigenvalue weighted by molar-refractivity contribution is 0.0672. The molecule has 1 aromatic carbocycles. The van der Waals surface area contributed by atoms with Crippen molar-refractivity contribution >= 4 is 5.91 Å². The van der Waals surface area contributed by atoms with Crippen LogP contribution in [0.15, 0.2) is 47.1 Å². The predicted octanol–water partition coefficient (Wildman–Crippen LogP) is 3.04. The Morgan fingerprint density at radius 3 is 2.76 bits per heavy atom. The van der Waals surface area contributed by atoms with Crippen LogP contribution in [0.3, 0.4) is 0 Å². The van der Waals surface area contributed by atoms with Crippen molar-refractivity contribution in [2.75, 3.05) is 26.2 Å². The first-order valence-electron chi connectivity index (χ1n) is 9.09. The predicted molar refractivity (Wildman–Crippen MR) is 94.9 cm³/mol. The molecule has 25 heavy (non-hydrogen) atoms. The van der Waals surface area contributed by atoms with E-state index in [1.807, 2.05) is 11.0 Å². The van der Waals surface area contributed by atoms with Crippen LogP contribution < -0.4 is 10.1 Å². The van der Waals surface area contributed by atoms with Gasteiger partial charge in [-0.1, -0.05) is 18.2 Å². The number of furan rings is 1. The number of amides is 1. The number of ether oxygens (including phenoxy) is 1. The number of likely N-dealkylation sites (tertiary alicyclic amines) is 1. The molecule has 1 atom stereocenters. The van der Waals surface area contributed by atoms with Crippen LogP contribution in [0.4, 0.5) is 0 Å². The van der Waals surface area contributed by atoms with E-state index < -0.39 is 0 Å². The van der Waals surface area contributed by atoms with E-state index in [1.165, 1.54) is 5.56 Å². The molecule has 0 saturated carbocycles. The molecule has 0 spiro atoms. The van der Waals surface area contributed by atoms with Gasteiger partial charge < -0.3 is 19.4 Å². The van der Waals surface area contributed by atoms with Crippen molar-refractivity contribution in [3.8, 4) is 5.75 Å². The second-order valence-corrected chi connectivity index (χ2v) is 6.82.